The molecule has 0 aromatic carbocycles. The monoisotopic (exact) mass is 340 g/mol. The molecule has 3 heterocycles. The lowest BCUT2D eigenvalue weighted by atomic mass is 9.70. The van der Waals surface area contributed by atoms with E-state index in [4.69, 9.17) is 5.73 Å². The van der Waals surface area contributed by atoms with Crippen molar-refractivity contribution in [2.75, 3.05) is 17.6 Å². The smallest absolute Gasteiger partial charge is 0.275 e. The number of aliphatic imine (C=N–C) groups is 1. The fraction of sp³-hybridized carbons (Fsp3) is 0.312. The summed E-state index contributed by atoms with van der Waals surface area (Å²) in [4.78, 5) is 29.7. The number of hydrogen-bond donors (Lipinski definition) is 2. The number of anilines is 2. The fourth-order valence-corrected chi connectivity index (χ4v) is 3.91. The van der Waals surface area contributed by atoms with E-state index in [0.29, 0.717) is 17.4 Å². The predicted octanol–water partition coefficient (Wildman–Crippen LogP) is 1.94. The molecule has 1 aliphatic carbocycles. The highest BCUT2D eigenvalue weighted by molar-refractivity contribution is 7.13. The molecule has 2 aromatic heterocycles. The first-order chi connectivity index (χ1) is 11.5. The van der Waals surface area contributed by atoms with Crippen LogP contribution in [0.15, 0.2) is 28.3 Å². The Labute approximate surface area is 142 Å². The number of nitrogens with one attached hydrogen (secondary N) is 1. The van der Waals surface area contributed by atoms with Gasteiger partial charge in [0.1, 0.15) is 5.71 Å². The minimum absolute atomic E-state index is 0.225. The third-order valence-corrected chi connectivity index (χ3v) is 4.97. The molecule has 1 amide bonds. The van der Waals surface area contributed by atoms with Crippen molar-refractivity contribution in [3.05, 3.63) is 34.6 Å². The van der Waals surface area contributed by atoms with Crippen molar-refractivity contribution in [2.24, 2.45) is 10.4 Å². The van der Waals surface area contributed by atoms with Gasteiger partial charge in [0.2, 0.25) is 5.95 Å². The van der Waals surface area contributed by atoms with Crippen LogP contribution in [0.3, 0.4) is 0 Å². The Kier molecular flexibility index (Phi) is 3.24. The lowest BCUT2D eigenvalue weighted by Gasteiger charge is -2.33. The summed E-state index contributed by atoms with van der Waals surface area (Å²) in [6, 6.07) is 0. The van der Waals surface area contributed by atoms with Gasteiger partial charge in [-0.3, -0.25) is 15.1 Å². The van der Waals surface area contributed by atoms with Crippen LogP contribution in [0.2, 0.25) is 0 Å². The van der Waals surface area contributed by atoms with E-state index in [1.165, 1.54) is 11.3 Å². The van der Waals surface area contributed by atoms with E-state index in [0.717, 1.165) is 28.8 Å². The molecule has 0 atom stereocenters. The first-order valence-electron chi connectivity index (χ1n) is 7.57. The van der Waals surface area contributed by atoms with E-state index in [9.17, 15) is 4.79 Å². The number of amides is 1. The van der Waals surface area contributed by atoms with Gasteiger partial charge in [-0.15, -0.1) is 11.3 Å². The molecular formula is C16H16N6OS. The zero-order valence-electron chi connectivity index (χ0n) is 13.3. The maximum absolute atomic E-state index is 12.7. The van der Waals surface area contributed by atoms with Crippen LogP contribution < -0.4 is 11.1 Å². The molecule has 24 heavy (non-hydrogen) atoms. The average Bonchev–Trinajstić information content (AvgIpc) is 3.17. The van der Waals surface area contributed by atoms with Crippen LogP contribution in [0, 0.1) is 5.41 Å². The summed E-state index contributed by atoms with van der Waals surface area (Å²) in [5.74, 6) is 0.00879. The SMILES string of the molecule is CC1(C)Cc2cnc(N)nc2C2=C1C(C(=O)Nc1nccs1)=NC2. The minimum Gasteiger partial charge on any atom is -0.368 e. The number of thiazole rings is 1. The third kappa shape index (κ3) is 2.30. The molecule has 3 N–H and O–H groups in total. The summed E-state index contributed by atoms with van der Waals surface area (Å²) in [6.07, 6.45) is 4.17. The van der Waals surface area contributed by atoms with Gasteiger partial charge in [-0.2, -0.15) is 0 Å². The highest BCUT2D eigenvalue weighted by Crippen LogP contribution is 2.45. The molecule has 1 aliphatic heterocycles. The Morgan fingerprint density at radius 2 is 2.21 bits per heavy atom. The Bertz CT molecular complexity index is 897. The molecule has 122 valence electrons. The third-order valence-electron chi connectivity index (χ3n) is 4.28. The summed E-state index contributed by atoms with van der Waals surface area (Å²) in [5, 5.41) is 5.20. The first-order valence-corrected chi connectivity index (χ1v) is 8.45. The number of fused-ring (bicyclic) bond motifs is 2. The van der Waals surface area contributed by atoms with Crippen molar-refractivity contribution in [3.63, 3.8) is 0 Å². The molecule has 4 rings (SSSR count). The van der Waals surface area contributed by atoms with Gasteiger partial charge < -0.3 is 5.73 Å². The number of nitrogen functional groups attached to an aromatic ring is 1. The molecule has 0 unspecified atom stereocenters. The second-order valence-corrected chi connectivity index (χ2v) is 7.37. The van der Waals surface area contributed by atoms with Gasteiger partial charge in [0.05, 0.1) is 12.2 Å². The van der Waals surface area contributed by atoms with Crippen LogP contribution in [-0.2, 0) is 11.2 Å². The van der Waals surface area contributed by atoms with Crippen molar-refractivity contribution in [3.8, 4) is 0 Å². The number of carbonyl (C=O) groups excluding carboxylic acids is 1. The molecule has 7 nitrogen and oxygen atoms in total. The molecule has 8 heteroatoms. The molecule has 0 saturated heterocycles. The number of rotatable bonds is 2. The normalized spacial score (nSPS) is 18.0. The van der Waals surface area contributed by atoms with Crippen LogP contribution in [-0.4, -0.2) is 33.1 Å². The summed E-state index contributed by atoms with van der Waals surface area (Å²) < 4.78 is 0. The topological polar surface area (TPSA) is 106 Å². The Hall–Kier alpha value is -2.61. The Balaban J connectivity index is 1.76. The van der Waals surface area contributed by atoms with E-state index in [-0.39, 0.29) is 17.3 Å². The Morgan fingerprint density at radius 1 is 1.38 bits per heavy atom. The molecular weight excluding hydrogens is 324 g/mol. The number of carbonyl (C=O) groups is 1. The Morgan fingerprint density at radius 3 is 2.96 bits per heavy atom. The summed E-state index contributed by atoms with van der Waals surface area (Å²) in [6.45, 7) is 4.65. The fourth-order valence-electron chi connectivity index (χ4n) is 3.38. The van der Waals surface area contributed by atoms with E-state index in [2.05, 4.69) is 39.1 Å². The molecule has 2 aliphatic rings. The first kappa shape index (κ1) is 14.9. The van der Waals surface area contributed by atoms with Crippen molar-refractivity contribution in [1.29, 1.82) is 0 Å². The predicted molar refractivity (Wildman–Crippen MR) is 93.9 cm³/mol. The second kappa shape index (κ2) is 5.20. The van der Waals surface area contributed by atoms with Crippen LogP contribution in [0.4, 0.5) is 11.1 Å². The van der Waals surface area contributed by atoms with E-state index >= 15 is 0 Å². The van der Waals surface area contributed by atoms with Gasteiger partial charge in [-0.25, -0.2) is 15.0 Å². The van der Waals surface area contributed by atoms with Gasteiger partial charge in [0.15, 0.2) is 5.13 Å². The quantitative estimate of drug-likeness (QED) is 0.869. The van der Waals surface area contributed by atoms with Crippen molar-refractivity contribution in [1.82, 2.24) is 15.0 Å². The highest BCUT2D eigenvalue weighted by atomic mass is 32.1. The number of nitrogens with two attached hydrogens (primary N) is 1. The average molecular weight is 340 g/mol. The summed E-state index contributed by atoms with van der Waals surface area (Å²) in [7, 11) is 0. The second-order valence-electron chi connectivity index (χ2n) is 6.47. The van der Waals surface area contributed by atoms with E-state index in [1.807, 2.05) is 5.38 Å². The number of aromatic nitrogens is 3. The van der Waals surface area contributed by atoms with Gasteiger partial charge in [-0.1, -0.05) is 13.8 Å². The van der Waals surface area contributed by atoms with Crippen LogP contribution in [0.5, 0.6) is 0 Å². The van der Waals surface area contributed by atoms with Crippen LogP contribution >= 0.6 is 11.3 Å². The van der Waals surface area contributed by atoms with E-state index < -0.39 is 0 Å². The molecule has 0 saturated carbocycles. The lowest BCUT2D eigenvalue weighted by Crippen LogP contribution is -2.33. The maximum atomic E-state index is 12.7. The number of hydrogen-bond acceptors (Lipinski definition) is 7. The van der Waals surface area contributed by atoms with Crippen LogP contribution in [0.1, 0.15) is 25.1 Å². The maximum Gasteiger partial charge on any atom is 0.275 e. The molecule has 0 bridgehead atoms. The van der Waals surface area contributed by atoms with E-state index in [1.54, 1.807) is 12.4 Å². The van der Waals surface area contributed by atoms with Gasteiger partial charge >= 0.3 is 0 Å². The van der Waals surface area contributed by atoms with Crippen molar-refractivity contribution >= 4 is 39.6 Å². The van der Waals surface area contributed by atoms with Gasteiger partial charge in [-0.05, 0) is 23.0 Å². The molecule has 0 fully saturated rings. The molecule has 0 spiro atoms. The minimum atomic E-state index is -0.228. The summed E-state index contributed by atoms with van der Waals surface area (Å²) >= 11 is 1.38. The van der Waals surface area contributed by atoms with Gasteiger partial charge in [0.25, 0.3) is 5.91 Å². The highest BCUT2D eigenvalue weighted by Gasteiger charge is 2.41. The standard InChI is InChI=1S/C16H16N6OS/c1-16(2)5-8-6-20-14(17)21-11(8)9-7-19-12(10(9)16)13(23)22-15-18-3-4-24-15/h3-4,6H,5,7H2,1-2H3,(H2,17,20,21)(H,18,22,23). The summed E-state index contributed by atoms with van der Waals surface area (Å²) in [5.41, 5.74) is 9.77. The molecule has 2 aromatic rings. The molecule has 0 radical (unpaired) electrons. The number of nitrogens with zero attached hydrogens (tertiary/aromatic N) is 4. The largest absolute Gasteiger partial charge is 0.368 e. The van der Waals surface area contributed by atoms with Gasteiger partial charge in [0, 0.05) is 23.3 Å². The lowest BCUT2D eigenvalue weighted by molar-refractivity contribution is -0.110. The zero-order chi connectivity index (χ0) is 16.9. The van der Waals surface area contributed by atoms with Crippen molar-refractivity contribution < 1.29 is 4.79 Å². The van der Waals surface area contributed by atoms with Crippen LogP contribution in [0.25, 0.3) is 5.57 Å². The zero-order valence-corrected chi connectivity index (χ0v) is 14.1. The van der Waals surface area contributed by atoms with Crippen molar-refractivity contribution in [2.45, 2.75) is 20.3 Å².